The van der Waals surface area contributed by atoms with E-state index in [1.165, 1.54) is 12.3 Å². The Labute approximate surface area is 158 Å². The van der Waals surface area contributed by atoms with Gasteiger partial charge in [-0.25, -0.2) is 0 Å². The van der Waals surface area contributed by atoms with E-state index in [0.717, 1.165) is 4.47 Å². The highest BCUT2D eigenvalue weighted by atomic mass is 79.9. The first kappa shape index (κ1) is 17.7. The Morgan fingerprint density at radius 3 is 2.46 bits per heavy atom. The normalized spacial score (nSPS) is 10.7. The molecule has 0 fully saturated rings. The topological polar surface area (TPSA) is 71.3 Å². The number of anilines is 2. The van der Waals surface area contributed by atoms with Crippen molar-refractivity contribution in [2.45, 2.75) is 0 Å². The third kappa shape index (κ3) is 4.94. The first-order valence-corrected chi connectivity index (χ1v) is 8.59. The van der Waals surface area contributed by atoms with Crippen molar-refractivity contribution in [3.05, 3.63) is 88.8 Å². The third-order valence-electron chi connectivity index (χ3n) is 3.44. The zero-order valence-corrected chi connectivity index (χ0v) is 15.2. The van der Waals surface area contributed by atoms with Gasteiger partial charge in [-0.2, -0.15) is 0 Å². The van der Waals surface area contributed by atoms with Crippen LogP contribution in [-0.4, -0.2) is 11.8 Å². The van der Waals surface area contributed by atoms with Crippen molar-refractivity contribution < 1.29 is 14.0 Å². The van der Waals surface area contributed by atoms with Crippen LogP contribution in [0.5, 0.6) is 0 Å². The SMILES string of the molecule is O=C(C=Cc1ccco1)Nc1cccc(C(=O)Nc2ccc(Br)cc2)c1. The van der Waals surface area contributed by atoms with Gasteiger partial charge < -0.3 is 15.1 Å². The van der Waals surface area contributed by atoms with Crippen molar-refractivity contribution in [3.63, 3.8) is 0 Å². The first-order valence-electron chi connectivity index (χ1n) is 7.80. The third-order valence-corrected chi connectivity index (χ3v) is 3.97. The van der Waals surface area contributed by atoms with Crippen LogP contribution in [0.2, 0.25) is 0 Å². The predicted octanol–water partition coefficient (Wildman–Crippen LogP) is 4.95. The van der Waals surface area contributed by atoms with Gasteiger partial charge in [0.1, 0.15) is 5.76 Å². The van der Waals surface area contributed by atoms with Gasteiger partial charge in [0.2, 0.25) is 5.91 Å². The second-order valence-electron chi connectivity index (χ2n) is 5.38. The van der Waals surface area contributed by atoms with Crippen molar-refractivity contribution in [3.8, 4) is 0 Å². The standard InChI is InChI=1S/C20H15BrN2O3/c21-15-6-8-16(9-7-15)23-20(25)14-3-1-4-17(13-14)22-19(24)11-10-18-5-2-12-26-18/h1-13H,(H,22,24)(H,23,25). The van der Waals surface area contributed by atoms with E-state index in [2.05, 4.69) is 26.6 Å². The fourth-order valence-electron chi connectivity index (χ4n) is 2.20. The quantitative estimate of drug-likeness (QED) is 0.584. The Hall–Kier alpha value is -3.12. The predicted molar refractivity (Wildman–Crippen MR) is 105 cm³/mol. The minimum absolute atomic E-state index is 0.255. The molecule has 0 unspecified atom stereocenters. The summed E-state index contributed by atoms with van der Waals surface area (Å²) >= 11 is 3.35. The van der Waals surface area contributed by atoms with E-state index in [9.17, 15) is 9.59 Å². The van der Waals surface area contributed by atoms with Gasteiger partial charge in [-0.3, -0.25) is 9.59 Å². The number of nitrogens with one attached hydrogen (secondary N) is 2. The van der Waals surface area contributed by atoms with Gasteiger partial charge in [-0.15, -0.1) is 0 Å². The molecule has 0 radical (unpaired) electrons. The molecule has 0 saturated carbocycles. The first-order chi connectivity index (χ1) is 12.6. The summed E-state index contributed by atoms with van der Waals surface area (Å²) < 4.78 is 6.06. The van der Waals surface area contributed by atoms with Gasteiger partial charge in [0.15, 0.2) is 0 Å². The van der Waals surface area contributed by atoms with E-state index >= 15 is 0 Å². The highest BCUT2D eigenvalue weighted by Gasteiger charge is 2.08. The van der Waals surface area contributed by atoms with Crippen LogP contribution in [0.3, 0.4) is 0 Å². The zero-order valence-electron chi connectivity index (χ0n) is 13.6. The molecule has 0 bridgehead atoms. The lowest BCUT2D eigenvalue weighted by Crippen LogP contribution is -2.13. The lowest BCUT2D eigenvalue weighted by atomic mass is 10.1. The van der Waals surface area contributed by atoms with Gasteiger partial charge in [0.25, 0.3) is 5.91 Å². The van der Waals surface area contributed by atoms with Crippen molar-refractivity contribution in [2.75, 3.05) is 10.6 Å². The second-order valence-corrected chi connectivity index (χ2v) is 6.30. The molecule has 1 heterocycles. The Kier molecular flexibility index (Phi) is 5.66. The number of hydrogen-bond donors (Lipinski definition) is 2. The molecule has 0 aliphatic rings. The average Bonchev–Trinajstić information content (AvgIpc) is 3.16. The van der Waals surface area contributed by atoms with Gasteiger partial charge in [0, 0.05) is 27.5 Å². The molecule has 1 aromatic heterocycles. The fraction of sp³-hybridized carbons (Fsp3) is 0. The van der Waals surface area contributed by atoms with Crippen LogP contribution in [0, 0.1) is 0 Å². The minimum atomic E-state index is -0.313. The number of carbonyl (C=O) groups is 2. The molecule has 5 nitrogen and oxygen atoms in total. The highest BCUT2D eigenvalue weighted by molar-refractivity contribution is 9.10. The number of halogens is 1. The molecule has 0 spiro atoms. The summed E-state index contributed by atoms with van der Waals surface area (Å²) in [4.78, 5) is 24.3. The maximum atomic E-state index is 12.4. The summed E-state index contributed by atoms with van der Waals surface area (Å²) in [5.74, 6) is 0.0178. The summed E-state index contributed by atoms with van der Waals surface area (Å²) in [7, 11) is 0. The van der Waals surface area contributed by atoms with Crippen molar-refractivity contribution in [1.29, 1.82) is 0 Å². The summed E-state index contributed by atoms with van der Waals surface area (Å²) in [6.45, 7) is 0. The Bertz CT molecular complexity index is 932. The number of benzene rings is 2. The molecular weight excluding hydrogens is 396 g/mol. The van der Waals surface area contributed by atoms with Gasteiger partial charge in [0.05, 0.1) is 6.26 Å². The molecule has 2 amide bonds. The van der Waals surface area contributed by atoms with Crippen LogP contribution in [-0.2, 0) is 4.79 Å². The Morgan fingerprint density at radius 1 is 0.923 bits per heavy atom. The van der Waals surface area contributed by atoms with Crippen LogP contribution in [0.1, 0.15) is 16.1 Å². The van der Waals surface area contributed by atoms with Crippen LogP contribution >= 0.6 is 15.9 Å². The maximum absolute atomic E-state index is 12.4. The lowest BCUT2D eigenvalue weighted by molar-refractivity contribution is -0.111. The zero-order chi connectivity index (χ0) is 18.4. The van der Waals surface area contributed by atoms with Crippen molar-refractivity contribution in [2.24, 2.45) is 0 Å². The molecule has 2 N–H and O–H groups in total. The van der Waals surface area contributed by atoms with Gasteiger partial charge in [-0.05, 0) is 60.7 Å². The van der Waals surface area contributed by atoms with Gasteiger partial charge >= 0.3 is 0 Å². The second kappa shape index (κ2) is 8.31. The molecule has 26 heavy (non-hydrogen) atoms. The molecular formula is C20H15BrN2O3. The number of furan rings is 1. The highest BCUT2D eigenvalue weighted by Crippen LogP contribution is 2.16. The van der Waals surface area contributed by atoms with Crippen molar-refractivity contribution in [1.82, 2.24) is 0 Å². The average molecular weight is 411 g/mol. The van der Waals surface area contributed by atoms with Crippen LogP contribution in [0.15, 0.2) is 81.9 Å². The largest absolute Gasteiger partial charge is 0.465 e. The summed E-state index contributed by atoms with van der Waals surface area (Å²) in [5.41, 5.74) is 1.66. The van der Waals surface area contributed by atoms with E-state index in [-0.39, 0.29) is 11.8 Å². The maximum Gasteiger partial charge on any atom is 0.255 e. The number of amides is 2. The monoisotopic (exact) mass is 410 g/mol. The van der Waals surface area contributed by atoms with Gasteiger partial charge in [-0.1, -0.05) is 22.0 Å². The molecule has 0 saturated heterocycles. The molecule has 2 aromatic carbocycles. The smallest absolute Gasteiger partial charge is 0.255 e. The number of hydrogen-bond acceptors (Lipinski definition) is 3. The van der Waals surface area contributed by atoms with E-state index in [0.29, 0.717) is 22.7 Å². The molecule has 0 aliphatic carbocycles. The van der Waals surface area contributed by atoms with Crippen LogP contribution in [0.25, 0.3) is 6.08 Å². The molecule has 0 aliphatic heterocycles. The van der Waals surface area contributed by atoms with E-state index in [1.807, 2.05) is 12.1 Å². The van der Waals surface area contributed by atoms with E-state index in [1.54, 1.807) is 54.6 Å². The molecule has 130 valence electrons. The summed E-state index contributed by atoms with van der Waals surface area (Å²) in [6, 6.07) is 17.5. The molecule has 3 aromatic rings. The Balaban J connectivity index is 1.64. The summed E-state index contributed by atoms with van der Waals surface area (Å²) in [6.07, 6.45) is 4.47. The molecule has 6 heteroatoms. The van der Waals surface area contributed by atoms with E-state index < -0.39 is 0 Å². The number of rotatable bonds is 5. The van der Waals surface area contributed by atoms with E-state index in [4.69, 9.17) is 4.42 Å². The fourth-order valence-corrected chi connectivity index (χ4v) is 2.47. The van der Waals surface area contributed by atoms with Crippen LogP contribution < -0.4 is 10.6 Å². The number of carbonyl (C=O) groups excluding carboxylic acids is 2. The van der Waals surface area contributed by atoms with Crippen molar-refractivity contribution >= 4 is 45.2 Å². The Morgan fingerprint density at radius 2 is 1.73 bits per heavy atom. The molecule has 0 atom stereocenters. The summed E-state index contributed by atoms with van der Waals surface area (Å²) in [5, 5.41) is 5.53. The molecule has 3 rings (SSSR count). The lowest BCUT2D eigenvalue weighted by Gasteiger charge is -2.07. The van der Waals surface area contributed by atoms with Crippen LogP contribution in [0.4, 0.5) is 11.4 Å². The minimum Gasteiger partial charge on any atom is -0.465 e.